The van der Waals surface area contributed by atoms with Crippen LogP contribution in [0, 0.1) is 29.1 Å². The maximum Gasteiger partial charge on any atom is -0.0238 e. The minimum absolute atomic E-state index is 0.842. The van der Waals surface area contributed by atoms with E-state index in [0.29, 0.717) is 0 Å². The van der Waals surface area contributed by atoms with E-state index in [1.807, 2.05) is 0 Å². The molecule has 64 valence electrons. The third-order valence-corrected chi connectivity index (χ3v) is 4.53. The van der Waals surface area contributed by atoms with Crippen molar-refractivity contribution in [2.75, 3.05) is 0 Å². The molecule has 0 radical (unpaired) electrons. The molecule has 0 saturated heterocycles. The molecule has 2 aliphatic carbocycles. The summed E-state index contributed by atoms with van der Waals surface area (Å²) in [6.07, 6.45) is 3.06. The SMILES string of the molecule is CC(C)C1CC2(CC2C)C1C. The fraction of sp³-hybridized carbons (Fsp3) is 1.00. The van der Waals surface area contributed by atoms with Crippen molar-refractivity contribution < 1.29 is 0 Å². The first-order valence-electron chi connectivity index (χ1n) is 5.08. The van der Waals surface area contributed by atoms with Crippen LogP contribution < -0.4 is 0 Å². The van der Waals surface area contributed by atoms with Crippen LogP contribution in [0.3, 0.4) is 0 Å². The first kappa shape index (κ1) is 7.64. The summed E-state index contributed by atoms with van der Waals surface area (Å²) in [7, 11) is 0. The number of rotatable bonds is 1. The van der Waals surface area contributed by atoms with Gasteiger partial charge in [-0.25, -0.2) is 0 Å². The Bertz CT molecular complexity index is 171. The molecule has 0 amide bonds. The summed E-state index contributed by atoms with van der Waals surface area (Å²) in [5.74, 6) is 4.04. The van der Waals surface area contributed by atoms with Crippen molar-refractivity contribution in [2.24, 2.45) is 29.1 Å². The van der Waals surface area contributed by atoms with Gasteiger partial charge >= 0.3 is 0 Å². The first-order valence-corrected chi connectivity index (χ1v) is 5.08. The highest BCUT2D eigenvalue weighted by Crippen LogP contribution is 2.71. The van der Waals surface area contributed by atoms with Crippen molar-refractivity contribution in [1.29, 1.82) is 0 Å². The summed E-state index contributed by atoms with van der Waals surface area (Å²) >= 11 is 0. The first-order chi connectivity index (χ1) is 5.08. The lowest BCUT2D eigenvalue weighted by atomic mass is 9.58. The van der Waals surface area contributed by atoms with Gasteiger partial charge in [0, 0.05) is 0 Å². The maximum atomic E-state index is 2.47. The Morgan fingerprint density at radius 1 is 1.18 bits per heavy atom. The standard InChI is InChI=1S/C11H20/c1-7(2)10-6-11(9(10)4)5-8(11)3/h7-10H,5-6H2,1-4H3. The molecule has 0 aromatic heterocycles. The summed E-state index contributed by atoms with van der Waals surface area (Å²) in [4.78, 5) is 0. The van der Waals surface area contributed by atoms with Gasteiger partial charge in [-0.3, -0.25) is 0 Å². The zero-order valence-electron chi connectivity index (χ0n) is 8.22. The van der Waals surface area contributed by atoms with Gasteiger partial charge < -0.3 is 0 Å². The van der Waals surface area contributed by atoms with Gasteiger partial charge in [0.05, 0.1) is 0 Å². The summed E-state index contributed by atoms with van der Waals surface area (Å²) in [6.45, 7) is 9.65. The summed E-state index contributed by atoms with van der Waals surface area (Å²) in [6, 6.07) is 0. The van der Waals surface area contributed by atoms with Crippen LogP contribution in [0.2, 0.25) is 0 Å². The Labute approximate surface area is 70.4 Å². The predicted molar refractivity (Wildman–Crippen MR) is 48.3 cm³/mol. The van der Waals surface area contributed by atoms with Gasteiger partial charge in [0.2, 0.25) is 0 Å². The van der Waals surface area contributed by atoms with Crippen LogP contribution in [0.15, 0.2) is 0 Å². The van der Waals surface area contributed by atoms with E-state index in [2.05, 4.69) is 27.7 Å². The lowest BCUT2D eigenvalue weighted by Gasteiger charge is -2.47. The Morgan fingerprint density at radius 2 is 1.73 bits per heavy atom. The predicted octanol–water partition coefficient (Wildman–Crippen LogP) is 3.32. The van der Waals surface area contributed by atoms with Gasteiger partial charge in [-0.15, -0.1) is 0 Å². The van der Waals surface area contributed by atoms with Gasteiger partial charge in [-0.1, -0.05) is 27.7 Å². The second-order valence-corrected chi connectivity index (χ2v) is 5.24. The van der Waals surface area contributed by atoms with Gasteiger partial charge in [-0.05, 0) is 41.9 Å². The van der Waals surface area contributed by atoms with Crippen LogP contribution in [-0.2, 0) is 0 Å². The Kier molecular flexibility index (Phi) is 1.41. The monoisotopic (exact) mass is 152 g/mol. The zero-order valence-corrected chi connectivity index (χ0v) is 8.22. The maximum absolute atomic E-state index is 2.47. The molecule has 2 aliphatic rings. The molecule has 0 N–H and O–H groups in total. The minimum atomic E-state index is 0.842. The van der Waals surface area contributed by atoms with Crippen molar-refractivity contribution in [3.8, 4) is 0 Å². The van der Waals surface area contributed by atoms with E-state index < -0.39 is 0 Å². The highest BCUT2D eigenvalue weighted by molar-refractivity contribution is 5.12. The van der Waals surface area contributed by atoms with Crippen molar-refractivity contribution in [1.82, 2.24) is 0 Å². The molecule has 11 heavy (non-hydrogen) atoms. The largest absolute Gasteiger partial charge is 0.0625 e. The van der Waals surface area contributed by atoms with Gasteiger partial charge in [0.1, 0.15) is 0 Å². The summed E-state index contributed by atoms with van der Waals surface area (Å²) in [5.41, 5.74) is 0.842. The van der Waals surface area contributed by atoms with Gasteiger partial charge in [0.25, 0.3) is 0 Å². The highest BCUT2D eigenvalue weighted by Gasteiger charge is 2.64. The van der Waals surface area contributed by atoms with E-state index in [9.17, 15) is 0 Å². The second-order valence-electron chi connectivity index (χ2n) is 5.24. The summed E-state index contributed by atoms with van der Waals surface area (Å²) in [5, 5.41) is 0. The number of hydrogen-bond donors (Lipinski definition) is 0. The Hall–Kier alpha value is 0. The normalized spacial score (nSPS) is 54.8. The molecule has 0 aromatic rings. The molecule has 2 rings (SSSR count). The van der Waals surface area contributed by atoms with Crippen LogP contribution in [0.5, 0.6) is 0 Å². The molecule has 4 atom stereocenters. The lowest BCUT2D eigenvalue weighted by Crippen LogP contribution is -2.40. The molecule has 0 heteroatoms. The molecule has 4 unspecified atom stereocenters. The van der Waals surface area contributed by atoms with Gasteiger partial charge in [0.15, 0.2) is 0 Å². The van der Waals surface area contributed by atoms with Crippen molar-refractivity contribution in [3.05, 3.63) is 0 Å². The van der Waals surface area contributed by atoms with Crippen LogP contribution in [0.1, 0.15) is 40.5 Å². The average Bonchev–Trinajstić information content (AvgIpc) is 2.58. The molecular weight excluding hydrogens is 132 g/mol. The molecule has 0 nitrogen and oxygen atoms in total. The van der Waals surface area contributed by atoms with E-state index in [0.717, 1.165) is 29.1 Å². The third-order valence-electron chi connectivity index (χ3n) is 4.53. The molecule has 0 heterocycles. The molecule has 1 spiro atoms. The fourth-order valence-electron chi connectivity index (χ4n) is 3.31. The smallest absolute Gasteiger partial charge is 0.0238 e. The van der Waals surface area contributed by atoms with E-state index in [4.69, 9.17) is 0 Å². The van der Waals surface area contributed by atoms with E-state index in [1.54, 1.807) is 0 Å². The van der Waals surface area contributed by atoms with Crippen molar-refractivity contribution in [3.63, 3.8) is 0 Å². The number of hydrogen-bond acceptors (Lipinski definition) is 0. The zero-order chi connectivity index (χ0) is 8.22. The van der Waals surface area contributed by atoms with Crippen molar-refractivity contribution in [2.45, 2.75) is 40.5 Å². The molecule has 0 aromatic carbocycles. The van der Waals surface area contributed by atoms with E-state index in [-0.39, 0.29) is 0 Å². The Balaban J connectivity index is 1.97. The van der Waals surface area contributed by atoms with E-state index in [1.165, 1.54) is 12.8 Å². The van der Waals surface area contributed by atoms with Gasteiger partial charge in [-0.2, -0.15) is 0 Å². The fourth-order valence-corrected chi connectivity index (χ4v) is 3.31. The molecule has 2 fully saturated rings. The molecule has 0 aliphatic heterocycles. The van der Waals surface area contributed by atoms with E-state index >= 15 is 0 Å². The summed E-state index contributed by atoms with van der Waals surface area (Å²) < 4.78 is 0. The lowest BCUT2D eigenvalue weighted by molar-refractivity contribution is 0.0167. The van der Waals surface area contributed by atoms with Crippen LogP contribution in [0.4, 0.5) is 0 Å². The second kappa shape index (κ2) is 2.02. The van der Waals surface area contributed by atoms with Crippen molar-refractivity contribution >= 4 is 0 Å². The molecular formula is C11H20. The van der Waals surface area contributed by atoms with Crippen LogP contribution in [-0.4, -0.2) is 0 Å². The van der Waals surface area contributed by atoms with Crippen LogP contribution in [0.25, 0.3) is 0 Å². The third kappa shape index (κ3) is 0.816. The highest BCUT2D eigenvalue weighted by atomic mass is 14.7. The topological polar surface area (TPSA) is 0 Å². The molecule has 2 saturated carbocycles. The average molecular weight is 152 g/mol. The minimum Gasteiger partial charge on any atom is -0.0625 e. The van der Waals surface area contributed by atoms with Crippen LogP contribution >= 0.6 is 0 Å². The molecule has 0 bridgehead atoms. The Morgan fingerprint density at radius 3 is 2.00 bits per heavy atom. The quantitative estimate of drug-likeness (QED) is 0.540.